The zero-order valence-corrected chi connectivity index (χ0v) is 8.13. The van der Waals surface area contributed by atoms with E-state index in [9.17, 15) is 9.90 Å². The summed E-state index contributed by atoms with van der Waals surface area (Å²) in [7, 11) is 0. The number of hydrogen-bond donors (Lipinski definition) is 1. The van der Waals surface area contributed by atoms with E-state index in [-0.39, 0.29) is 5.78 Å². The van der Waals surface area contributed by atoms with Crippen molar-refractivity contribution in [3.63, 3.8) is 0 Å². The van der Waals surface area contributed by atoms with Gasteiger partial charge in [-0.2, -0.15) is 0 Å². The van der Waals surface area contributed by atoms with Crippen LogP contribution in [0, 0.1) is 0 Å². The van der Waals surface area contributed by atoms with Gasteiger partial charge in [0.05, 0.1) is 17.5 Å². The number of carbonyl (C=O) groups is 1. The van der Waals surface area contributed by atoms with E-state index in [0.717, 1.165) is 11.4 Å². The number of aliphatic hydroxyl groups excluding tert-OH is 1. The summed E-state index contributed by atoms with van der Waals surface area (Å²) >= 11 is 0. The zero-order valence-electron chi connectivity index (χ0n) is 8.13. The molecule has 0 aromatic rings. The van der Waals surface area contributed by atoms with Crippen LogP contribution in [0.2, 0.25) is 0 Å². The molecule has 1 unspecified atom stereocenters. The fourth-order valence-electron chi connectivity index (χ4n) is 1.35. The summed E-state index contributed by atoms with van der Waals surface area (Å²) in [6.07, 6.45) is 11.9. The molecule has 2 aliphatic carbocycles. The summed E-state index contributed by atoms with van der Waals surface area (Å²) in [6.45, 7) is 0. The molecule has 2 rings (SSSR count). The molecule has 0 aromatic heterocycles. The van der Waals surface area contributed by atoms with Gasteiger partial charge < -0.3 is 5.11 Å². The predicted octanol–water partition coefficient (Wildman–Crippen LogP) is 1.33. The Bertz CT molecular complexity index is 407. The van der Waals surface area contributed by atoms with Crippen LogP contribution in [0.5, 0.6) is 0 Å². The number of allylic oxidation sites excluding steroid dienone is 5. The van der Waals surface area contributed by atoms with E-state index >= 15 is 0 Å². The number of rotatable bonds is 1. The van der Waals surface area contributed by atoms with Crippen molar-refractivity contribution in [2.24, 2.45) is 4.99 Å². The van der Waals surface area contributed by atoms with Crippen LogP contribution in [0.3, 0.4) is 0 Å². The van der Waals surface area contributed by atoms with E-state index in [2.05, 4.69) is 4.99 Å². The van der Waals surface area contributed by atoms with Crippen LogP contribution in [-0.4, -0.2) is 22.7 Å². The van der Waals surface area contributed by atoms with Gasteiger partial charge in [-0.05, 0) is 36.8 Å². The Balaban J connectivity index is 2.12. The number of carbonyl (C=O) groups excluding carboxylic acids is 1. The number of ketones is 1. The molecule has 0 radical (unpaired) electrons. The summed E-state index contributed by atoms with van der Waals surface area (Å²) in [6, 6.07) is 0. The summed E-state index contributed by atoms with van der Waals surface area (Å²) in [5.41, 5.74) is 1.57. The van der Waals surface area contributed by atoms with Crippen molar-refractivity contribution in [3.8, 4) is 0 Å². The molecule has 3 nitrogen and oxygen atoms in total. The standard InChI is InChI=1S/C12H11NO2/c14-11-5-1-9(2-6-11)13-10-3-7-12(15)8-4-10/h1-7,12,15H,8H2. The first-order valence-electron chi connectivity index (χ1n) is 4.79. The number of hydrogen-bond acceptors (Lipinski definition) is 3. The molecule has 0 heterocycles. The Morgan fingerprint density at radius 1 is 1.20 bits per heavy atom. The van der Waals surface area contributed by atoms with Crippen molar-refractivity contribution < 1.29 is 9.90 Å². The number of nitrogens with zero attached hydrogens (tertiary/aromatic N) is 1. The topological polar surface area (TPSA) is 49.7 Å². The van der Waals surface area contributed by atoms with E-state index in [4.69, 9.17) is 0 Å². The van der Waals surface area contributed by atoms with Crippen LogP contribution in [0.25, 0.3) is 0 Å². The zero-order chi connectivity index (χ0) is 10.7. The molecular formula is C12H11NO2. The largest absolute Gasteiger partial charge is 0.389 e. The molecule has 0 aromatic carbocycles. The van der Waals surface area contributed by atoms with Crippen molar-refractivity contribution in [2.45, 2.75) is 12.5 Å². The SMILES string of the molecule is O=C1C=CC(=NC2=CCC(O)C=C2)C=C1. The second-order valence-corrected chi connectivity index (χ2v) is 3.40. The average Bonchev–Trinajstić information content (AvgIpc) is 2.25. The van der Waals surface area contributed by atoms with Gasteiger partial charge in [-0.25, -0.2) is 4.99 Å². The first-order chi connectivity index (χ1) is 7.24. The Labute approximate surface area is 87.8 Å². The van der Waals surface area contributed by atoms with Crippen molar-refractivity contribution in [2.75, 3.05) is 0 Å². The molecule has 0 spiro atoms. The maximum absolute atomic E-state index is 10.9. The van der Waals surface area contributed by atoms with Crippen molar-refractivity contribution in [1.29, 1.82) is 0 Å². The monoisotopic (exact) mass is 201 g/mol. The Hall–Kier alpha value is -1.74. The summed E-state index contributed by atoms with van der Waals surface area (Å²) in [4.78, 5) is 15.2. The molecule has 76 valence electrons. The summed E-state index contributed by atoms with van der Waals surface area (Å²) < 4.78 is 0. The third kappa shape index (κ3) is 2.60. The lowest BCUT2D eigenvalue weighted by molar-refractivity contribution is -0.110. The van der Waals surface area contributed by atoms with Crippen LogP contribution >= 0.6 is 0 Å². The molecule has 0 saturated carbocycles. The molecule has 2 aliphatic rings. The quantitative estimate of drug-likeness (QED) is 0.650. The van der Waals surface area contributed by atoms with Gasteiger partial charge in [-0.1, -0.05) is 12.2 Å². The predicted molar refractivity (Wildman–Crippen MR) is 58.6 cm³/mol. The molecular weight excluding hydrogens is 190 g/mol. The lowest BCUT2D eigenvalue weighted by atomic mass is 10.1. The lowest BCUT2D eigenvalue weighted by Gasteiger charge is -2.08. The fourth-order valence-corrected chi connectivity index (χ4v) is 1.35. The Kier molecular flexibility index (Phi) is 2.74. The van der Waals surface area contributed by atoms with Gasteiger partial charge in [0.15, 0.2) is 5.78 Å². The van der Waals surface area contributed by atoms with Crippen LogP contribution < -0.4 is 0 Å². The van der Waals surface area contributed by atoms with Crippen LogP contribution in [0.4, 0.5) is 0 Å². The molecule has 1 N–H and O–H groups in total. The molecule has 1 atom stereocenters. The Morgan fingerprint density at radius 2 is 1.93 bits per heavy atom. The molecule has 0 bridgehead atoms. The highest BCUT2D eigenvalue weighted by Gasteiger charge is 2.05. The molecule has 15 heavy (non-hydrogen) atoms. The molecule has 0 aliphatic heterocycles. The van der Waals surface area contributed by atoms with Crippen molar-refractivity contribution in [1.82, 2.24) is 0 Å². The Morgan fingerprint density at radius 3 is 2.53 bits per heavy atom. The third-order valence-corrected chi connectivity index (χ3v) is 2.15. The van der Waals surface area contributed by atoms with Crippen LogP contribution in [0.15, 0.2) is 53.2 Å². The minimum absolute atomic E-state index is 0.0162. The average molecular weight is 201 g/mol. The third-order valence-electron chi connectivity index (χ3n) is 2.15. The van der Waals surface area contributed by atoms with E-state index < -0.39 is 6.10 Å². The first kappa shape index (κ1) is 9.80. The maximum atomic E-state index is 10.9. The van der Waals surface area contributed by atoms with E-state index in [1.165, 1.54) is 12.2 Å². The molecule has 0 amide bonds. The lowest BCUT2D eigenvalue weighted by Crippen LogP contribution is -2.04. The number of aliphatic imine (C=N–C) groups is 1. The minimum Gasteiger partial charge on any atom is -0.389 e. The first-order valence-corrected chi connectivity index (χ1v) is 4.79. The smallest absolute Gasteiger partial charge is 0.178 e. The maximum Gasteiger partial charge on any atom is 0.178 e. The second kappa shape index (κ2) is 4.19. The summed E-state index contributed by atoms with van der Waals surface area (Å²) in [5.74, 6) is -0.0162. The molecule has 3 heteroatoms. The minimum atomic E-state index is -0.395. The van der Waals surface area contributed by atoms with Gasteiger partial charge in [0.1, 0.15) is 0 Å². The van der Waals surface area contributed by atoms with Crippen LogP contribution in [0.1, 0.15) is 6.42 Å². The number of aliphatic hydroxyl groups is 1. The van der Waals surface area contributed by atoms with E-state index in [0.29, 0.717) is 6.42 Å². The highest BCUT2D eigenvalue weighted by Crippen LogP contribution is 2.12. The molecule has 0 fully saturated rings. The normalized spacial score (nSPS) is 24.3. The van der Waals surface area contributed by atoms with Gasteiger partial charge in [0, 0.05) is 0 Å². The van der Waals surface area contributed by atoms with Crippen molar-refractivity contribution in [3.05, 3.63) is 48.2 Å². The van der Waals surface area contributed by atoms with Gasteiger partial charge in [0.2, 0.25) is 0 Å². The van der Waals surface area contributed by atoms with Gasteiger partial charge in [-0.3, -0.25) is 4.79 Å². The van der Waals surface area contributed by atoms with Crippen molar-refractivity contribution >= 4 is 11.5 Å². The molecule has 0 saturated heterocycles. The highest BCUT2D eigenvalue weighted by atomic mass is 16.3. The van der Waals surface area contributed by atoms with Crippen LogP contribution in [-0.2, 0) is 4.79 Å². The van der Waals surface area contributed by atoms with Gasteiger partial charge in [-0.15, -0.1) is 0 Å². The van der Waals surface area contributed by atoms with E-state index in [1.54, 1.807) is 24.3 Å². The van der Waals surface area contributed by atoms with Gasteiger partial charge >= 0.3 is 0 Å². The fraction of sp³-hybridized carbons (Fsp3) is 0.167. The second-order valence-electron chi connectivity index (χ2n) is 3.40. The van der Waals surface area contributed by atoms with E-state index in [1.807, 2.05) is 6.08 Å². The summed E-state index contributed by atoms with van der Waals surface area (Å²) in [5, 5.41) is 9.22. The highest BCUT2D eigenvalue weighted by molar-refractivity contribution is 6.16. The van der Waals surface area contributed by atoms with Gasteiger partial charge in [0.25, 0.3) is 0 Å².